The third kappa shape index (κ3) is 1.59. The van der Waals surface area contributed by atoms with Crippen molar-refractivity contribution < 1.29 is 18.6 Å². The Labute approximate surface area is 133 Å². The second kappa shape index (κ2) is 4.28. The van der Waals surface area contributed by atoms with Crippen LogP contribution in [0, 0.1) is 0 Å². The molecule has 0 atom stereocenters. The van der Waals surface area contributed by atoms with Crippen molar-refractivity contribution in [3.8, 4) is 23.0 Å². The number of aromatic nitrogens is 4. The van der Waals surface area contributed by atoms with Crippen LogP contribution in [0.5, 0.6) is 23.0 Å². The molecule has 5 heterocycles. The zero-order valence-electron chi connectivity index (χ0n) is 12.7. The molecule has 0 unspecified atom stereocenters. The molecule has 0 spiro atoms. The van der Waals surface area contributed by atoms with Crippen molar-refractivity contribution in [3.63, 3.8) is 0 Å². The van der Waals surface area contributed by atoms with Crippen molar-refractivity contribution in [3.05, 3.63) is 43.2 Å². The molecule has 0 fully saturated rings. The molecule has 0 aromatic carbocycles. The number of pyridine rings is 2. The fraction of sp³-hybridized carbons (Fsp3) is 0.125. The predicted octanol–water partition coefficient (Wildman–Crippen LogP) is -1.15. The van der Waals surface area contributed by atoms with Gasteiger partial charge in [0.1, 0.15) is 24.1 Å². The van der Waals surface area contributed by atoms with E-state index in [0.29, 0.717) is 0 Å². The van der Waals surface area contributed by atoms with E-state index < -0.39 is 0 Å². The summed E-state index contributed by atoms with van der Waals surface area (Å²) in [4.78, 5) is 8.48. The van der Waals surface area contributed by atoms with Crippen molar-refractivity contribution in [1.29, 1.82) is 0 Å². The van der Waals surface area contributed by atoms with Crippen LogP contribution in [0.3, 0.4) is 0 Å². The van der Waals surface area contributed by atoms with Gasteiger partial charge in [-0.1, -0.05) is 4.98 Å². The standard InChI is InChI=1S/C16H13BN4O2/c1-20-5-3-4-10-15(20)17-14-11(22-10)6-18-7-12(14)23-13-8-19-9-21(2)16(13)17/h3-9H,1-2H3/q+2. The molecule has 110 valence electrons. The average molecular weight is 304 g/mol. The summed E-state index contributed by atoms with van der Waals surface area (Å²) < 4.78 is 16.2. The van der Waals surface area contributed by atoms with E-state index in [0.717, 1.165) is 39.6 Å². The lowest BCUT2D eigenvalue weighted by Crippen LogP contribution is -2.73. The lowest BCUT2D eigenvalue weighted by atomic mass is 9.38. The Balaban J connectivity index is 1.91. The molecule has 0 amide bonds. The summed E-state index contributed by atoms with van der Waals surface area (Å²) in [6, 6.07) is 3.97. The first-order valence-electron chi connectivity index (χ1n) is 7.39. The molecule has 3 aromatic rings. The van der Waals surface area contributed by atoms with Gasteiger partial charge in [0.25, 0.3) is 6.33 Å². The summed E-state index contributed by atoms with van der Waals surface area (Å²) in [5.41, 5.74) is 3.17. The third-order valence-electron chi connectivity index (χ3n) is 4.44. The van der Waals surface area contributed by atoms with Gasteiger partial charge in [-0.05, 0) is 6.07 Å². The fourth-order valence-electron chi connectivity index (χ4n) is 3.48. The molecule has 0 saturated carbocycles. The van der Waals surface area contributed by atoms with Crippen LogP contribution >= 0.6 is 0 Å². The molecule has 0 N–H and O–H groups in total. The van der Waals surface area contributed by atoms with E-state index in [2.05, 4.69) is 14.5 Å². The van der Waals surface area contributed by atoms with Gasteiger partial charge in [-0.3, -0.25) is 4.98 Å². The Morgan fingerprint density at radius 2 is 1.57 bits per heavy atom. The Bertz CT molecular complexity index is 870. The highest BCUT2D eigenvalue weighted by atomic mass is 16.5. The van der Waals surface area contributed by atoms with Gasteiger partial charge in [-0.15, -0.1) is 0 Å². The maximum absolute atomic E-state index is 6.07. The number of hydrogen-bond donors (Lipinski definition) is 0. The number of rotatable bonds is 0. The van der Waals surface area contributed by atoms with Gasteiger partial charge in [0, 0.05) is 11.5 Å². The molecule has 6 nitrogen and oxygen atoms in total. The number of aryl methyl sites for hydroxylation is 2. The molecule has 0 saturated heterocycles. The zero-order chi connectivity index (χ0) is 15.6. The van der Waals surface area contributed by atoms with Crippen LogP contribution in [0.4, 0.5) is 0 Å². The second-order valence-corrected chi connectivity index (χ2v) is 5.81. The largest absolute Gasteiger partial charge is 0.451 e. The summed E-state index contributed by atoms with van der Waals surface area (Å²) in [5.74, 6) is 3.07. The van der Waals surface area contributed by atoms with Crippen molar-refractivity contribution in [1.82, 2.24) is 9.97 Å². The topological polar surface area (TPSA) is 52.0 Å². The van der Waals surface area contributed by atoms with Gasteiger partial charge < -0.3 is 9.47 Å². The molecule has 5 rings (SSSR count). The maximum Gasteiger partial charge on any atom is 0.392 e. The molecule has 0 aliphatic carbocycles. The quantitative estimate of drug-likeness (QED) is 0.268. The lowest BCUT2D eigenvalue weighted by Gasteiger charge is -2.28. The van der Waals surface area contributed by atoms with Crippen LogP contribution in [0.2, 0.25) is 0 Å². The van der Waals surface area contributed by atoms with Crippen molar-refractivity contribution in [2.75, 3.05) is 0 Å². The molecule has 3 aromatic heterocycles. The molecule has 0 radical (unpaired) electrons. The maximum atomic E-state index is 6.07. The van der Waals surface area contributed by atoms with Gasteiger partial charge in [-0.2, -0.15) is 0 Å². The van der Waals surface area contributed by atoms with Gasteiger partial charge in [-0.25, -0.2) is 9.13 Å². The average Bonchev–Trinajstić information content (AvgIpc) is 2.55. The van der Waals surface area contributed by atoms with E-state index in [1.165, 1.54) is 0 Å². The van der Waals surface area contributed by atoms with Crippen LogP contribution in [0.15, 0.2) is 43.2 Å². The van der Waals surface area contributed by atoms with Gasteiger partial charge in [0.2, 0.25) is 5.75 Å². The minimum absolute atomic E-state index is 0.0229. The van der Waals surface area contributed by atoms with Crippen LogP contribution in [-0.4, -0.2) is 16.7 Å². The third-order valence-corrected chi connectivity index (χ3v) is 4.44. The Kier molecular flexibility index (Phi) is 2.34. The molecule has 2 aliphatic rings. The molecular formula is C16H13BN4O2+2. The molecule has 7 heteroatoms. The highest BCUT2D eigenvalue weighted by molar-refractivity contribution is 6.96. The first-order valence-corrected chi connectivity index (χ1v) is 7.39. The monoisotopic (exact) mass is 304 g/mol. The van der Waals surface area contributed by atoms with Crippen LogP contribution in [-0.2, 0) is 14.1 Å². The molecule has 2 aliphatic heterocycles. The SMILES string of the molecule is C[n+]1cccc2c1B1c3c(cncc3Oc3cnc[n+](C)c31)O2. The minimum atomic E-state index is 0.0229. The van der Waals surface area contributed by atoms with E-state index in [4.69, 9.17) is 9.47 Å². The highest BCUT2D eigenvalue weighted by Crippen LogP contribution is 2.31. The number of ether oxygens (including phenoxy) is 2. The Hall–Kier alpha value is -2.96. The number of fused-ring (bicyclic) bond motifs is 4. The van der Waals surface area contributed by atoms with Crippen molar-refractivity contribution in [2.24, 2.45) is 14.1 Å². The second-order valence-electron chi connectivity index (χ2n) is 5.81. The van der Waals surface area contributed by atoms with Crippen molar-refractivity contribution >= 4 is 23.4 Å². The van der Waals surface area contributed by atoms with Crippen LogP contribution in [0.25, 0.3) is 0 Å². The first kappa shape index (κ1) is 12.6. The summed E-state index contributed by atoms with van der Waals surface area (Å²) in [5, 5.41) is 0. The molecule has 23 heavy (non-hydrogen) atoms. The van der Waals surface area contributed by atoms with Crippen LogP contribution < -0.4 is 35.3 Å². The van der Waals surface area contributed by atoms with E-state index >= 15 is 0 Å². The Morgan fingerprint density at radius 3 is 2.39 bits per heavy atom. The van der Waals surface area contributed by atoms with Crippen molar-refractivity contribution in [2.45, 2.75) is 0 Å². The lowest BCUT2D eigenvalue weighted by molar-refractivity contribution is -0.660. The minimum Gasteiger partial charge on any atom is -0.451 e. The van der Waals surface area contributed by atoms with E-state index in [-0.39, 0.29) is 6.71 Å². The van der Waals surface area contributed by atoms with Gasteiger partial charge >= 0.3 is 6.71 Å². The highest BCUT2D eigenvalue weighted by Gasteiger charge is 2.49. The summed E-state index contributed by atoms with van der Waals surface area (Å²) in [7, 11) is 4.02. The summed E-state index contributed by atoms with van der Waals surface area (Å²) in [6.07, 6.45) is 9.07. The summed E-state index contributed by atoms with van der Waals surface area (Å²) >= 11 is 0. The molecular weight excluding hydrogens is 291 g/mol. The predicted molar refractivity (Wildman–Crippen MR) is 82.1 cm³/mol. The van der Waals surface area contributed by atoms with E-state index in [1.54, 1.807) is 24.9 Å². The number of nitrogens with zero attached hydrogens (tertiary/aromatic N) is 4. The van der Waals surface area contributed by atoms with Crippen LogP contribution in [0.1, 0.15) is 0 Å². The zero-order valence-corrected chi connectivity index (χ0v) is 12.7. The normalized spacial score (nSPS) is 13.4. The molecule has 0 bridgehead atoms. The van der Waals surface area contributed by atoms with Gasteiger partial charge in [0.15, 0.2) is 23.7 Å². The smallest absolute Gasteiger partial charge is 0.392 e. The van der Waals surface area contributed by atoms with E-state index in [1.807, 2.05) is 37.0 Å². The fourth-order valence-corrected chi connectivity index (χ4v) is 3.48. The Morgan fingerprint density at radius 1 is 0.870 bits per heavy atom. The first-order chi connectivity index (χ1) is 11.2. The van der Waals surface area contributed by atoms with Gasteiger partial charge in [0.05, 0.1) is 19.4 Å². The van der Waals surface area contributed by atoms with E-state index in [9.17, 15) is 0 Å². The number of hydrogen-bond acceptors (Lipinski definition) is 4. The summed E-state index contributed by atoms with van der Waals surface area (Å²) in [6.45, 7) is 0.0229.